The van der Waals surface area contributed by atoms with Crippen LogP contribution in [0.15, 0.2) is 54.7 Å². The molecule has 4 aromatic rings. The molecule has 6 rings (SSSR count). The van der Waals surface area contributed by atoms with E-state index < -0.39 is 0 Å². The summed E-state index contributed by atoms with van der Waals surface area (Å²) in [4.78, 5) is 9.93. The lowest BCUT2D eigenvalue weighted by Gasteiger charge is -2.34. The maximum atomic E-state index is 5.52. The molecule has 164 valence electrons. The van der Waals surface area contributed by atoms with E-state index in [1.165, 1.54) is 21.5 Å². The predicted molar refractivity (Wildman–Crippen MR) is 127 cm³/mol. The average molecular weight is 447 g/mol. The SMILES string of the molecule is Cc1ccc2nc(-n3cccc3CN3CCN(Cc4ccc5c(c4)OCO5)CC3)sc2c1. The van der Waals surface area contributed by atoms with E-state index in [-0.39, 0.29) is 0 Å². The van der Waals surface area contributed by atoms with Crippen LogP contribution < -0.4 is 9.47 Å². The number of rotatable bonds is 5. The van der Waals surface area contributed by atoms with Gasteiger partial charge in [0.25, 0.3) is 0 Å². The summed E-state index contributed by atoms with van der Waals surface area (Å²) in [5, 5.41) is 1.05. The first kappa shape index (κ1) is 19.8. The molecule has 4 heterocycles. The number of fused-ring (bicyclic) bond motifs is 2. The summed E-state index contributed by atoms with van der Waals surface area (Å²) in [5.41, 5.74) is 4.93. The van der Waals surface area contributed by atoms with Gasteiger partial charge in [-0.3, -0.25) is 14.4 Å². The molecule has 7 heteroatoms. The molecule has 0 radical (unpaired) electrons. The predicted octanol–water partition coefficient (Wildman–Crippen LogP) is 4.44. The van der Waals surface area contributed by atoms with Crippen molar-refractivity contribution in [1.29, 1.82) is 0 Å². The Morgan fingerprint density at radius 2 is 1.72 bits per heavy atom. The Labute approximate surface area is 191 Å². The quantitative estimate of drug-likeness (QED) is 0.453. The highest BCUT2D eigenvalue weighted by molar-refractivity contribution is 7.20. The van der Waals surface area contributed by atoms with Crippen LogP contribution in [0.1, 0.15) is 16.8 Å². The van der Waals surface area contributed by atoms with Gasteiger partial charge in [0.1, 0.15) is 0 Å². The molecule has 2 aromatic carbocycles. The van der Waals surface area contributed by atoms with Gasteiger partial charge in [-0.25, -0.2) is 4.98 Å². The lowest BCUT2D eigenvalue weighted by atomic mass is 10.1. The van der Waals surface area contributed by atoms with Crippen LogP contribution in [0.25, 0.3) is 15.3 Å². The van der Waals surface area contributed by atoms with Crippen LogP contribution in [0.3, 0.4) is 0 Å². The average Bonchev–Trinajstić information content (AvgIpc) is 3.53. The third-order valence-electron chi connectivity index (χ3n) is 6.27. The number of ether oxygens (including phenoxy) is 2. The zero-order valence-electron chi connectivity index (χ0n) is 18.2. The first-order chi connectivity index (χ1) is 15.7. The highest BCUT2D eigenvalue weighted by Gasteiger charge is 2.20. The Bertz CT molecular complexity index is 1260. The zero-order valence-corrected chi connectivity index (χ0v) is 19.0. The number of piperazine rings is 1. The Hall–Kier alpha value is -2.87. The second kappa shape index (κ2) is 8.24. The van der Waals surface area contributed by atoms with E-state index in [0.29, 0.717) is 6.79 Å². The number of aryl methyl sites for hydroxylation is 1. The second-order valence-electron chi connectivity index (χ2n) is 8.58. The summed E-state index contributed by atoms with van der Waals surface area (Å²) in [6.45, 7) is 8.61. The van der Waals surface area contributed by atoms with Crippen LogP contribution in [-0.4, -0.2) is 52.3 Å². The summed E-state index contributed by atoms with van der Waals surface area (Å²) in [6.07, 6.45) is 2.13. The molecule has 0 bridgehead atoms. The minimum absolute atomic E-state index is 0.329. The number of thiazole rings is 1. The zero-order chi connectivity index (χ0) is 21.5. The summed E-state index contributed by atoms with van der Waals surface area (Å²) < 4.78 is 14.4. The van der Waals surface area contributed by atoms with E-state index in [1.54, 1.807) is 11.3 Å². The molecule has 0 amide bonds. The molecule has 32 heavy (non-hydrogen) atoms. The highest BCUT2D eigenvalue weighted by Crippen LogP contribution is 2.33. The van der Waals surface area contributed by atoms with Crippen molar-refractivity contribution in [3.63, 3.8) is 0 Å². The van der Waals surface area contributed by atoms with Gasteiger partial charge in [0.05, 0.1) is 10.2 Å². The fraction of sp³-hybridized carbons (Fsp3) is 0.320. The number of hydrogen-bond donors (Lipinski definition) is 0. The minimum atomic E-state index is 0.329. The van der Waals surface area contributed by atoms with Gasteiger partial charge in [0, 0.05) is 51.2 Å². The lowest BCUT2D eigenvalue weighted by molar-refractivity contribution is 0.120. The van der Waals surface area contributed by atoms with E-state index in [1.807, 2.05) is 6.07 Å². The first-order valence-corrected chi connectivity index (χ1v) is 11.9. The van der Waals surface area contributed by atoms with Gasteiger partial charge >= 0.3 is 0 Å². The molecule has 2 aliphatic rings. The molecule has 0 saturated carbocycles. The summed E-state index contributed by atoms with van der Waals surface area (Å²) in [7, 11) is 0. The minimum Gasteiger partial charge on any atom is -0.454 e. The highest BCUT2D eigenvalue weighted by atomic mass is 32.1. The van der Waals surface area contributed by atoms with Crippen molar-refractivity contribution in [2.75, 3.05) is 33.0 Å². The van der Waals surface area contributed by atoms with Gasteiger partial charge in [-0.15, -0.1) is 0 Å². The largest absolute Gasteiger partial charge is 0.454 e. The van der Waals surface area contributed by atoms with E-state index in [0.717, 1.165) is 61.4 Å². The normalized spacial score (nSPS) is 16.8. The molecule has 0 aliphatic carbocycles. The van der Waals surface area contributed by atoms with E-state index in [2.05, 4.69) is 70.0 Å². The monoisotopic (exact) mass is 446 g/mol. The van der Waals surface area contributed by atoms with E-state index in [9.17, 15) is 0 Å². The number of benzene rings is 2. The van der Waals surface area contributed by atoms with Crippen molar-refractivity contribution in [2.45, 2.75) is 20.0 Å². The molecule has 2 aromatic heterocycles. The Morgan fingerprint density at radius 1 is 0.906 bits per heavy atom. The number of aromatic nitrogens is 2. The molecular weight excluding hydrogens is 420 g/mol. The number of hydrogen-bond acceptors (Lipinski definition) is 6. The van der Waals surface area contributed by atoms with Gasteiger partial charge in [-0.1, -0.05) is 23.5 Å². The molecule has 0 unspecified atom stereocenters. The van der Waals surface area contributed by atoms with Crippen molar-refractivity contribution < 1.29 is 9.47 Å². The van der Waals surface area contributed by atoms with E-state index in [4.69, 9.17) is 14.5 Å². The molecule has 0 spiro atoms. The van der Waals surface area contributed by atoms with Crippen molar-refractivity contribution in [2.24, 2.45) is 0 Å². The van der Waals surface area contributed by atoms with Crippen LogP contribution in [0, 0.1) is 6.92 Å². The fourth-order valence-electron chi connectivity index (χ4n) is 4.49. The summed E-state index contributed by atoms with van der Waals surface area (Å²) >= 11 is 1.76. The molecule has 1 saturated heterocycles. The molecule has 2 aliphatic heterocycles. The van der Waals surface area contributed by atoms with Crippen molar-refractivity contribution in [3.05, 3.63) is 71.5 Å². The molecular formula is C25H26N4O2S. The smallest absolute Gasteiger partial charge is 0.231 e. The summed E-state index contributed by atoms with van der Waals surface area (Å²) in [6, 6.07) is 17.1. The van der Waals surface area contributed by atoms with Crippen LogP contribution in [0.4, 0.5) is 0 Å². The molecule has 0 N–H and O–H groups in total. The maximum Gasteiger partial charge on any atom is 0.231 e. The lowest BCUT2D eigenvalue weighted by Crippen LogP contribution is -2.45. The van der Waals surface area contributed by atoms with Crippen LogP contribution in [0.2, 0.25) is 0 Å². The molecule has 0 atom stereocenters. The first-order valence-electron chi connectivity index (χ1n) is 11.1. The second-order valence-corrected chi connectivity index (χ2v) is 9.59. The fourth-order valence-corrected chi connectivity index (χ4v) is 5.57. The van der Waals surface area contributed by atoms with Gasteiger partial charge in [-0.2, -0.15) is 0 Å². The summed E-state index contributed by atoms with van der Waals surface area (Å²) in [5.74, 6) is 1.72. The van der Waals surface area contributed by atoms with E-state index >= 15 is 0 Å². The maximum absolute atomic E-state index is 5.52. The van der Waals surface area contributed by atoms with Gasteiger partial charge in [-0.05, 0) is 54.4 Å². The third kappa shape index (κ3) is 3.88. The standard InChI is InChI=1S/C25H26N4O2S/c1-18-4-6-21-24(13-18)32-25(26-21)29-8-2-3-20(29)16-28-11-9-27(10-12-28)15-19-5-7-22-23(14-19)31-17-30-22/h2-8,13-14H,9-12,15-17H2,1H3. The molecule has 6 nitrogen and oxygen atoms in total. The topological polar surface area (TPSA) is 42.8 Å². The van der Waals surface area contributed by atoms with Crippen LogP contribution in [-0.2, 0) is 13.1 Å². The van der Waals surface area contributed by atoms with Gasteiger partial charge in [0.2, 0.25) is 6.79 Å². The van der Waals surface area contributed by atoms with Crippen molar-refractivity contribution in [3.8, 4) is 16.6 Å². The van der Waals surface area contributed by atoms with Crippen LogP contribution in [0.5, 0.6) is 11.5 Å². The van der Waals surface area contributed by atoms with Crippen LogP contribution >= 0.6 is 11.3 Å². The Kier molecular flexibility index (Phi) is 5.09. The Morgan fingerprint density at radius 3 is 2.59 bits per heavy atom. The van der Waals surface area contributed by atoms with Gasteiger partial charge in [0.15, 0.2) is 16.6 Å². The third-order valence-corrected chi connectivity index (χ3v) is 7.28. The van der Waals surface area contributed by atoms with Crippen molar-refractivity contribution >= 4 is 21.6 Å². The van der Waals surface area contributed by atoms with Crippen molar-refractivity contribution in [1.82, 2.24) is 19.4 Å². The Balaban J connectivity index is 1.09. The number of nitrogens with zero attached hydrogens (tertiary/aromatic N) is 4. The molecule has 1 fully saturated rings. The van der Waals surface area contributed by atoms with Gasteiger partial charge < -0.3 is 9.47 Å².